The highest BCUT2D eigenvalue weighted by Gasteiger charge is 2.12. The summed E-state index contributed by atoms with van der Waals surface area (Å²) in [5.41, 5.74) is -0.731. The molecule has 0 bridgehead atoms. The van der Waals surface area contributed by atoms with Crippen LogP contribution in [0, 0.1) is 0 Å². The van der Waals surface area contributed by atoms with E-state index in [0.717, 1.165) is 4.57 Å². The molecular formula is C11H13N3O3. The molecule has 2 aromatic heterocycles. The highest BCUT2D eigenvalue weighted by atomic mass is 16.5. The van der Waals surface area contributed by atoms with Crippen molar-refractivity contribution >= 4 is 5.65 Å². The summed E-state index contributed by atoms with van der Waals surface area (Å²) in [5, 5.41) is 0. The van der Waals surface area contributed by atoms with Crippen LogP contribution in [0.25, 0.3) is 5.65 Å². The van der Waals surface area contributed by atoms with Crippen LogP contribution in [0.1, 0.15) is 19.9 Å². The maximum absolute atomic E-state index is 12.1. The predicted octanol–water partition coefficient (Wildman–Crippen LogP) is 0.446. The fraction of sp³-hybridized carbons (Fsp3) is 0.364. The Morgan fingerprint density at radius 1 is 1.35 bits per heavy atom. The van der Waals surface area contributed by atoms with E-state index in [1.807, 2.05) is 0 Å². The van der Waals surface area contributed by atoms with Crippen LogP contribution in [0.2, 0.25) is 0 Å². The van der Waals surface area contributed by atoms with Crippen LogP contribution in [0.5, 0.6) is 5.75 Å². The van der Waals surface area contributed by atoms with E-state index >= 15 is 0 Å². The molecule has 0 aliphatic heterocycles. The molecule has 0 atom stereocenters. The third kappa shape index (κ3) is 1.71. The molecule has 0 saturated carbocycles. The van der Waals surface area contributed by atoms with Crippen LogP contribution in [-0.4, -0.2) is 21.1 Å². The first-order chi connectivity index (χ1) is 8.06. The molecule has 0 saturated heterocycles. The van der Waals surface area contributed by atoms with Gasteiger partial charge in [-0.1, -0.05) is 0 Å². The second-order valence-corrected chi connectivity index (χ2v) is 3.91. The molecule has 90 valence electrons. The Labute approximate surface area is 97.1 Å². The normalized spacial score (nSPS) is 11.1. The summed E-state index contributed by atoms with van der Waals surface area (Å²) in [7, 11) is 1.47. The van der Waals surface area contributed by atoms with Gasteiger partial charge in [-0.25, -0.2) is 18.6 Å². The maximum atomic E-state index is 12.1. The number of rotatable bonds is 2. The van der Waals surface area contributed by atoms with Crippen LogP contribution in [0.3, 0.4) is 0 Å². The minimum Gasteiger partial charge on any atom is -0.493 e. The van der Waals surface area contributed by atoms with Crippen molar-refractivity contribution in [2.24, 2.45) is 0 Å². The minimum atomic E-state index is -0.561. The second-order valence-electron chi connectivity index (χ2n) is 3.91. The quantitative estimate of drug-likeness (QED) is 0.757. The third-order valence-electron chi connectivity index (χ3n) is 2.49. The number of methoxy groups -OCH3 is 1. The average molecular weight is 235 g/mol. The second kappa shape index (κ2) is 4.04. The summed E-state index contributed by atoms with van der Waals surface area (Å²) in [6.45, 7) is 3.52. The summed E-state index contributed by atoms with van der Waals surface area (Å²) in [4.78, 5) is 27.7. The zero-order valence-corrected chi connectivity index (χ0v) is 9.88. The molecule has 0 aliphatic carbocycles. The van der Waals surface area contributed by atoms with Crippen LogP contribution in [0.15, 0.2) is 27.9 Å². The first-order valence-corrected chi connectivity index (χ1v) is 5.24. The first kappa shape index (κ1) is 11.4. The lowest BCUT2D eigenvalue weighted by Gasteiger charge is -2.10. The van der Waals surface area contributed by atoms with E-state index in [0.29, 0.717) is 5.75 Å². The van der Waals surface area contributed by atoms with E-state index < -0.39 is 11.4 Å². The minimum absolute atomic E-state index is 0.231. The molecule has 0 aliphatic rings. The molecule has 0 unspecified atom stereocenters. The van der Waals surface area contributed by atoms with E-state index in [2.05, 4.69) is 4.98 Å². The fourth-order valence-corrected chi connectivity index (χ4v) is 1.69. The zero-order valence-electron chi connectivity index (χ0n) is 9.88. The van der Waals surface area contributed by atoms with Gasteiger partial charge in [-0.15, -0.1) is 0 Å². The van der Waals surface area contributed by atoms with Gasteiger partial charge < -0.3 is 4.74 Å². The Balaban J connectivity index is 2.96. The average Bonchev–Trinajstić information content (AvgIpc) is 2.28. The Morgan fingerprint density at radius 2 is 2.06 bits per heavy atom. The summed E-state index contributed by atoms with van der Waals surface area (Å²) >= 11 is 0. The van der Waals surface area contributed by atoms with Crippen molar-refractivity contribution in [3.8, 4) is 5.75 Å². The van der Waals surface area contributed by atoms with Crippen LogP contribution < -0.4 is 16.1 Å². The molecular weight excluding hydrogens is 222 g/mol. The molecule has 0 amide bonds. The lowest BCUT2D eigenvalue weighted by Crippen LogP contribution is -2.40. The zero-order chi connectivity index (χ0) is 12.6. The standard InChI is InChI=1S/C11H13N3O3/c1-7(2)14-10(15)12-9-8(17-3)5-4-6-13(9)11(14)16/h4-7H,1-3H3. The van der Waals surface area contributed by atoms with Crippen LogP contribution >= 0.6 is 0 Å². The Kier molecular flexibility index (Phi) is 2.71. The van der Waals surface area contributed by atoms with Gasteiger partial charge in [0, 0.05) is 12.2 Å². The number of hydrogen-bond donors (Lipinski definition) is 0. The Bertz CT molecular complexity index is 670. The van der Waals surface area contributed by atoms with E-state index in [1.165, 1.54) is 11.5 Å². The van der Waals surface area contributed by atoms with Crippen LogP contribution in [0.4, 0.5) is 0 Å². The number of aromatic nitrogens is 3. The Morgan fingerprint density at radius 3 is 2.65 bits per heavy atom. The van der Waals surface area contributed by atoms with Crippen molar-refractivity contribution < 1.29 is 4.74 Å². The lowest BCUT2D eigenvalue weighted by atomic mass is 10.4. The Hall–Kier alpha value is -2.11. The van der Waals surface area contributed by atoms with Crippen molar-refractivity contribution in [3.05, 3.63) is 39.3 Å². The number of nitrogens with zero attached hydrogens (tertiary/aromatic N) is 3. The van der Waals surface area contributed by atoms with Crippen molar-refractivity contribution in [1.82, 2.24) is 14.0 Å². The largest absolute Gasteiger partial charge is 0.493 e. The van der Waals surface area contributed by atoms with Gasteiger partial charge in [0.15, 0.2) is 11.4 Å². The summed E-state index contributed by atoms with van der Waals surface area (Å²) in [6, 6.07) is 3.09. The molecule has 2 aromatic rings. The molecule has 6 heteroatoms. The van der Waals surface area contributed by atoms with E-state index in [1.54, 1.807) is 32.2 Å². The van der Waals surface area contributed by atoms with Gasteiger partial charge in [0.05, 0.1) is 7.11 Å². The van der Waals surface area contributed by atoms with E-state index in [-0.39, 0.29) is 11.7 Å². The first-order valence-electron chi connectivity index (χ1n) is 5.24. The predicted molar refractivity (Wildman–Crippen MR) is 62.7 cm³/mol. The topological polar surface area (TPSA) is 65.6 Å². The monoisotopic (exact) mass is 235 g/mol. The number of ether oxygens (including phenoxy) is 1. The SMILES string of the molecule is COc1cccn2c(=O)n(C(C)C)c(=O)nc12. The van der Waals surface area contributed by atoms with Gasteiger partial charge in [-0.3, -0.25) is 0 Å². The van der Waals surface area contributed by atoms with E-state index in [9.17, 15) is 9.59 Å². The molecule has 0 fully saturated rings. The van der Waals surface area contributed by atoms with Crippen molar-refractivity contribution in [1.29, 1.82) is 0 Å². The molecule has 17 heavy (non-hydrogen) atoms. The van der Waals surface area contributed by atoms with Crippen molar-refractivity contribution in [2.75, 3.05) is 7.11 Å². The lowest BCUT2D eigenvalue weighted by molar-refractivity contribution is 0.414. The number of fused-ring (bicyclic) bond motifs is 1. The number of pyridine rings is 1. The molecule has 2 rings (SSSR count). The van der Waals surface area contributed by atoms with Gasteiger partial charge in [-0.05, 0) is 26.0 Å². The van der Waals surface area contributed by atoms with Crippen LogP contribution in [-0.2, 0) is 0 Å². The highest BCUT2D eigenvalue weighted by Crippen LogP contribution is 2.13. The molecule has 0 N–H and O–H groups in total. The molecule has 0 aromatic carbocycles. The molecule has 0 radical (unpaired) electrons. The smallest absolute Gasteiger partial charge is 0.354 e. The summed E-state index contributed by atoms with van der Waals surface area (Å²) in [6.07, 6.45) is 1.56. The fourth-order valence-electron chi connectivity index (χ4n) is 1.69. The third-order valence-corrected chi connectivity index (χ3v) is 2.49. The van der Waals surface area contributed by atoms with Crippen molar-refractivity contribution in [2.45, 2.75) is 19.9 Å². The van der Waals surface area contributed by atoms with Gasteiger partial charge in [0.2, 0.25) is 0 Å². The summed E-state index contributed by atoms with van der Waals surface area (Å²) < 4.78 is 7.48. The number of hydrogen-bond acceptors (Lipinski definition) is 4. The molecule has 6 nitrogen and oxygen atoms in total. The van der Waals surface area contributed by atoms with Gasteiger partial charge in [0.1, 0.15) is 0 Å². The van der Waals surface area contributed by atoms with Gasteiger partial charge >= 0.3 is 11.4 Å². The molecule has 2 heterocycles. The molecule has 0 spiro atoms. The van der Waals surface area contributed by atoms with Crippen molar-refractivity contribution in [3.63, 3.8) is 0 Å². The maximum Gasteiger partial charge on any atom is 0.354 e. The van der Waals surface area contributed by atoms with E-state index in [4.69, 9.17) is 4.74 Å². The summed E-state index contributed by atoms with van der Waals surface area (Å²) in [5.74, 6) is 0.401. The van der Waals surface area contributed by atoms with Gasteiger partial charge in [-0.2, -0.15) is 4.98 Å². The van der Waals surface area contributed by atoms with Gasteiger partial charge in [0.25, 0.3) is 0 Å². The highest BCUT2D eigenvalue weighted by molar-refractivity contribution is 5.52.